The first-order chi connectivity index (χ1) is 12.1. The minimum atomic E-state index is -0.595. The van der Waals surface area contributed by atoms with E-state index >= 15 is 0 Å². The number of para-hydroxylation sites is 1. The molecule has 0 unspecified atom stereocenters. The van der Waals surface area contributed by atoms with Crippen molar-refractivity contribution in [2.24, 2.45) is 0 Å². The molecule has 6 heteroatoms. The van der Waals surface area contributed by atoms with Gasteiger partial charge in [0.2, 0.25) is 5.91 Å². The van der Waals surface area contributed by atoms with Crippen LogP contribution in [0.3, 0.4) is 0 Å². The van der Waals surface area contributed by atoms with Gasteiger partial charge >= 0.3 is 0 Å². The van der Waals surface area contributed by atoms with Crippen LogP contribution in [0.2, 0.25) is 0 Å². The highest BCUT2D eigenvalue weighted by atomic mass is 16.2. The molecule has 0 bridgehead atoms. The van der Waals surface area contributed by atoms with Gasteiger partial charge in [-0.3, -0.25) is 9.59 Å². The fourth-order valence-electron chi connectivity index (χ4n) is 2.64. The third kappa shape index (κ3) is 4.07. The summed E-state index contributed by atoms with van der Waals surface area (Å²) in [6, 6.07) is 10.8. The number of nitrogens with zero attached hydrogens (tertiary/aromatic N) is 2. The van der Waals surface area contributed by atoms with Crippen LogP contribution in [0.5, 0.6) is 0 Å². The van der Waals surface area contributed by atoms with Crippen molar-refractivity contribution in [2.75, 3.05) is 6.54 Å². The Kier molecular flexibility index (Phi) is 5.16. The Labute approximate surface area is 147 Å². The molecule has 1 aromatic heterocycles. The van der Waals surface area contributed by atoms with E-state index in [0.717, 1.165) is 30.6 Å². The molecule has 132 valence electrons. The van der Waals surface area contributed by atoms with Gasteiger partial charge in [0.1, 0.15) is 11.7 Å². The normalized spacial score (nSPS) is 14.8. The van der Waals surface area contributed by atoms with Crippen LogP contribution in [0.4, 0.5) is 0 Å². The summed E-state index contributed by atoms with van der Waals surface area (Å²) in [6.45, 7) is 4.28. The summed E-state index contributed by atoms with van der Waals surface area (Å²) in [5.41, 5.74) is 2.24. The standard InChI is InChI=1S/C19H24N4O2/c1-3-11-20-18(24)13(2)21-19(25)17-12-16(14-9-10-14)22-23(17)15-7-5-4-6-8-15/h4-8,12-14H,3,9-11H2,1-2H3,(H,20,24)(H,21,25)/t13-/m0/s1. The second kappa shape index (κ2) is 7.51. The summed E-state index contributed by atoms with van der Waals surface area (Å²) in [4.78, 5) is 24.7. The number of benzene rings is 1. The van der Waals surface area contributed by atoms with Gasteiger partial charge in [0.15, 0.2) is 0 Å². The van der Waals surface area contributed by atoms with E-state index in [9.17, 15) is 9.59 Å². The number of hydrogen-bond donors (Lipinski definition) is 2. The molecule has 6 nitrogen and oxygen atoms in total. The Hall–Kier alpha value is -2.63. The second-order valence-corrected chi connectivity index (χ2v) is 6.46. The van der Waals surface area contributed by atoms with Crippen molar-refractivity contribution >= 4 is 11.8 Å². The first-order valence-corrected chi connectivity index (χ1v) is 8.84. The molecule has 1 aliphatic rings. The van der Waals surface area contributed by atoms with Gasteiger partial charge in [-0.2, -0.15) is 5.10 Å². The summed E-state index contributed by atoms with van der Waals surface area (Å²) in [5, 5.41) is 10.2. The van der Waals surface area contributed by atoms with Crippen LogP contribution in [0.25, 0.3) is 5.69 Å². The van der Waals surface area contributed by atoms with E-state index in [1.54, 1.807) is 11.6 Å². The number of amides is 2. The zero-order valence-corrected chi connectivity index (χ0v) is 14.7. The predicted octanol–water partition coefficient (Wildman–Crippen LogP) is 2.39. The summed E-state index contributed by atoms with van der Waals surface area (Å²) >= 11 is 0. The third-order valence-electron chi connectivity index (χ3n) is 4.25. The highest BCUT2D eigenvalue weighted by molar-refractivity contribution is 5.96. The fourth-order valence-corrected chi connectivity index (χ4v) is 2.64. The molecule has 1 heterocycles. The molecule has 0 aliphatic heterocycles. The van der Waals surface area contributed by atoms with Crippen LogP contribution in [-0.2, 0) is 4.79 Å². The van der Waals surface area contributed by atoms with Gasteiger partial charge in [-0.25, -0.2) is 4.68 Å². The lowest BCUT2D eigenvalue weighted by Crippen LogP contribution is -2.45. The second-order valence-electron chi connectivity index (χ2n) is 6.46. The average molecular weight is 340 g/mol. The maximum atomic E-state index is 12.7. The van der Waals surface area contributed by atoms with E-state index in [-0.39, 0.29) is 11.8 Å². The monoisotopic (exact) mass is 340 g/mol. The van der Waals surface area contributed by atoms with Crippen LogP contribution in [0.1, 0.15) is 55.2 Å². The summed E-state index contributed by atoms with van der Waals surface area (Å²) < 4.78 is 1.67. The molecule has 2 N–H and O–H groups in total. The minimum absolute atomic E-state index is 0.177. The predicted molar refractivity (Wildman–Crippen MR) is 95.8 cm³/mol. The number of aromatic nitrogens is 2. The molecule has 1 atom stereocenters. The van der Waals surface area contributed by atoms with Crippen molar-refractivity contribution in [3.63, 3.8) is 0 Å². The Bertz CT molecular complexity index is 750. The van der Waals surface area contributed by atoms with Crippen LogP contribution in [0.15, 0.2) is 36.4 Å². The van der Waals surface area contributed by atoms with Crippen LogP contribution in [0, 0.1) is 0 Å². The zero-order valence-electron chi connectivity index (χ0n) is 14.7. The average Bonchev–Trinajstić information content (AvgIpc) is 3.38. The Morgan fingerprint density at radius 1 is 1.28 bits per heavy atom. The van der Waals surface area contributed by atoms with E-state index in [2.05, 4.69) is 15.7 Å². The lowest BCUT2D eigenvalue weighted by molar-refractivity contribution is -0.122. The van der Waals surface area contributed by atoms with Gasteiger partial charge in [0.05, 0.1) is 11.4 Å². The van der Waals surface area contributed by atoms with Crippen molar-refractivity contribution in [1.29, 1.82) is 0 Å². The molecule has 1 saturated carbocycles. The molecule has 1 aromatic carbocycles. The maximum absolute atomic E-state index is 12.7. The molecule has 1 fully saturated rings. The molecule has 25 heavy (non-hydrogen) atoms. The Morgan fingerprint density at radius 2 is 2.00 bits per heavy atom. The molecular weight excluding hydrogens is 316 g/mol. The molecular formula is C19H24N4O2. The summed E-state index contributed by atoms with van der Waals surface area (Å²) in [6.07, 6.45) is 3.09. The number of carbonyl (C=O) groups is 2. The first-order valence-electron chi connectivity index (χ1n) is 8.84. The van der Waals surface area contributed by atoms with E-state index in [0.29, 0.717) is 18.2 Å². The van der Waals surface area contributed by atoms with Crippen molar-refractivity contribution in [1.82, 2.24) is 20.4 Å². The Balaban J connectivity index is 1.80. The van der Waals surface area contributed by atoms with Crippen LogP contribution >= 0.6 is 0 Å². The molecule has 0 saturated heterocycles. The van der Waals surface area contributed by atoms with Crippen molar-refractivity contribution in [2.45, 2.75) is 45.1 Å². The Morgan fingerprint density at radius 3 is 2.64 bits per heavy atom. The van der Waals surface area contributed by atoms with Crippen LogP contribution in [-0.4, -0.2) is 34.2 Å². The SMILES string of the molecule is CCCNC(=O)[C@H](C)NC(=O)c1cc(C2CC2)nn1-c1ccccc1. The van der Waals surface area contributed by atoms with Crippen molar-refractivity contribution in [3.8, 4) is 5.69 Å². The van der Waals surface area contributed by atoms with Crippen LogP contribution < -0.4 is 10.6 Å². The van der Waals surface area contributed by atoms with E-state index < -0.39 is 6.04 Å². The third-order valence-corrected chi connectivity index (χ3v) is 4.25. The molecule has 0 spiro atoms. The fraction of sp³-hybridized carbons (Fsp3) is 0.421. The molecule has 2 amide bonds. The number of rotatable bonds is 7. The smallest absolute Gasteiger partial charge is 0.270 e. The van der Waals surface area contributed by atoms with E-state index in [4.69, 9.17) is 0 Å². The number of nitrogens with one attached hydrogen (secondary N) is 2. The summed E-state index contributed by atoms with van der Waals surface area (Å²) in [7, 11) is 0. The van der Waals surface area contributed by atoms with Gasteiger partial charge in [0, 0.05) is 12.5 Å². The van der Waals surface area contributed by atoms with Gasteiger partial charge in [-0.05, 0) is 44.4 Å². The van der Waals surface area contributed by atoms with Gasteiger partial charge < -0.3 is 10.6 Å². The van der Waals surface area contributed by atoms with Gasteiger partial charge in [0.25, 0.3) is 5.91 Å². The highest BCUT2D eigenvalue weighted by Crippen LogP contribution is 2.39. The molecule has 3 rings (SSSR count). The highest BCUT2D eigenvalue weighted by Gasteiger charge is 2.29. The quantitative estimate of drug-likeness (QED) is 0.812. The molecule has 1 aliphatic carbocycles. The van der Waals surface area contributed by atoms with Crippen molar-refractivity contribution < 1.29 is 9.59 Å². The minimum Gasteiger partial charge on any atom is -0.354 e. The summed E-state index contributed by atoms with van der Waals surface area (Å²) in [5.74, 6) is -0.0208. The topological polar surface area (TPSA) is 76.0 Å². The number of carbonyl (C=O) groups excluding carboxylic acids is 2. The number of hydrogen-bond acceptors (Lipinski definition) is 3. The lowest BCUT2D eigenvalue weighted by atomic mass is 10.2. The molecule has 2 aromatic rings. The van der Waals surface area contributed by atoms with Gasteiger partial charge in [-0.1, -0.05) is 25.1 Å². The first kappa shape index (κ1) is 17.2. The van der Waals surface area contributed by atoms with E-state index in [1.165, 1.54) is 0 Å². The van der Waals surface area contributed by atoms with Gasteiger partial charge in [-0.15, -0.1) is 0 Å². The maximum Gasteiger partial charge on any atom is 0.270 e. The van der Waals surface area contributed by atoms with Crippen molar-refractivity contribution in [3.05, 3.63) is 47.8 Å². The molecule has 0 radical (unpaired) electrons. The van der Waals surface area contributed by atoms with E-state index in [1.807, 2.05) is 43.3 Å². The zero-order chi connectivity index (χ0) is 17.8. The largest absolute Gasteiger partial charge is 0.354 e. The lowest BCUT2D eigenvalue weighted by Gasteiger charge is -2.14.